The molecule has 1 aliphatic heterocycles. The van der Waals surface area contributed by atoms with E-state index in [4.69, 9.17) is 11.6 Å². The molecule has 2 N–H and O–H groups in total. The van der Waals surface area contributed by atoms with Crippen LogP contribution in [0.15, 0.2) is 24.3 Å². The summed E-state index contributed by atoms with van der Waals surface area (Å²) in [6, 6.07) is 7.04. The quantitative estimate of drug-likeness (QED) is 0.860. The van der Waals surface area contributed by atoms with E-state index in [1.807, 2.05) is 32.0 Å². The Morgan fingerprint density at radius 2 is 2.16 bits per heavy atom. The van der Waals surface area contributed by atoms with Crippen LogP contribution in [0.25, 0.3) is 0 Å². The van der Waals surface area contributed by atoms with Crippen molar-refractivity contribution in [2.75, 3.05) is 11.4 Å². The maximum Gasteiger partial charge on any atom is 0.229 e. The van der Waals surface area contributed by atoms with Crippen molar-refractivity contribution in [3.63, 3.8) is 0 Å². The number of carbonyl (C=O) groups is 2. The lowest BCUT2D eigenvalue weighted by molar-refractivity contribution is -0.121. The number of aryl methyl sites for hydroxylation is 2. The van der Waals surface area contributed by atoms with Gasteiger partial charge in [-0.15, -0.1) is 0 Å². The number of benzene rings is 1. The molecule has 1 atom stereocenters. The van der Waals surface area contributed by atoms with Gasteiger partial charge in [-0.2, -0.15) is 5.10 Å². The Labute approximate surface area is 151 Å². The largest absolute Gasteiger partial charge is 0.351 e. The normalized spacial score (nSPS) is 17.2. The third kappa shape index (κ3) is 3.85. The van der Waals surface area contributed by atoms with Crippen molar-refractivity contribution in [1.29, 1.82) is 0 Å². The summed E-state index contributed by atoms with van der Waals surface area (Å²) < 4.78 is 0. The lowest BCUT2D eigenvalue weighted by Gasteiger charge is -2.18. The SMILES string of the molecule is Cc1[nH]nc(CCC(=O)N[C@@H]2CC(=O)N(c3ccccc3Cl)C2)c1C. The van der Waals surface area contributed by atoms with Crippen molar-refractivity contribution in [3.05, 3.63) is 46.2 Å². The topological polar surface area (TPSA) is 78.1 Å². The predicted octanol–water partition coefficient (Wildman–Crippen LogP) is 2.53. The van der Waals surface area contributed by atoms with E-state index in [9.17, 15) is 9.59 Å². The Bertz CT molecular complexity index is 802. The van der Waals surface area contributed by atoms with Gasteiger partial charge >= 0.3 is 0 Å². The first kappa shape index (κ1) is 17.5. The Kier molecular flexibility index (Phi) is 5.08. The van der Waals surface area contributed by atoms with Gasteiger partial charge in [0.05, 0.1) is 22.4 Å². The van der Waals surface area contributed by atoms with E-state index in [0.717, 1.165) is 17.0 Å². The number of H-pyrrole nitrogens is 1. The molecule has 6 nitrogen and oxygen atoms in total. The molecule has 1 aliphatic rings. The zero-order chi connectivity index (χ0) is 18.0. The molecule has 0 saturated carbocycles. The summed E-state index contributed by atoms with van der Waals surface area (Å²) in [5, 5.41) is 10.6. The van der Waals surface area contributed by atoms with Crippen LogP contribution in [-0.4, -0.2) is 34.6 Å². The molecule has 0 spiro atoms. The molecule has 2 heterocycles. The molecule has 3 rings (SSSR count). The van der Waals surface area contributed by atoms with E-state index in [1.54, 1.807) is 11.0 Å². The van der Waals surface area contributed by atoms with E-state index in [1.165, 1.54) is 0 Å². The van der Waals surface area contributed by atoms with E-state index < -0.39 is 0 Å². The van der Waals surface area contributed by atoms with Gasteiger partial charge in [0.15, 0.2) is 0 Å². The molecule has 2 amide bonds. The summed E-state index contributed by atoms with van der Waals surface area (Å²) in [6.45, 7) is 4.39. The zero-order valence-corrected chi connectivity index (χ0v) is 15.1. The van der Waals surface area contributed by atoms with E-state index in [0.29, 0.717) is 30.1 Å². The highest BCUT2D eigenvalue weighted by Gasteiger charge is 2.32. The minimum Gasteiger partial charge on any atom is -0.351 e. The third-order valence-corrected chi connectivity index (χ3v) is 4.90. The lowest BCUT2D eigenvalue weighted by Crippen LogP contribution is -2.37. The minimum absolute atomic E-state index is 0.0304. The van der Waals surface area contributed by atoms with Crippen molar-refractivity contribution in [1.82, 2.24) is 15.5 Å². The summed E-state index contributed by atoms with van der Waals surface area (Å²) in [5.41, 5.74) is 3.71. The molecule has 7 heteroatoms. The molecule has 1 fully saturated rings. The molecule has 0 bridgehead atoms. The van der Waals surface area contributed by atoms with Crippen molar-refractivity contribution >= 4 is 29.1 Å². The fraction of sp³-hybridized carbons (Fsp3) is 0.389. The number of aromatic nitrogens is 2. The number of hydrogen-bond acceptors (Lipinski definition) is 3. The first-order valence-corrected chi connectivity index (χ1v) is 8.68. The summed E-state index contributed by atoms with van der Waals surface area (Å²) >= 11 is 6.17. The van der Waals surface area contributed by atoms with E-state index in [-0.39, 0.29) is 24.3 Å². The number of carbonyl (C=O) groups excluding carboxylic acids is 2. The number of amides is 2. The average molecular weight is 361 g/mol. The highest BCUT2D eigenvalue weighted by molar-refractivity contribution is 6.33. The molecule has 2 aromatic rings. The maximum absolute atomic E-state index is 12.2. The van der Waals surface area contributed by atoms with Gasteiger partial charge in [0, 0.05) is 31.5 Å². The average Bonchev–Trinajstić information content (AvgIpc) is 3.09. The van der Waals surface area contributed by atoms with Gasteiger partial charge in [-0.25, -0.2) is 0 Å². The smallest absolute Gasteiger partial charge is 0.229 e. The number of hydrogen-bond donors (Lipinski definition) is 2. The Balaban J connectivity index is 1.55. The van der Waals surface area contributed by atoms with Gasteiger partial charge < -0.3 is 10.2 Å². The summed E-state index contributed by atoms with van der Waals surface area (Å²) in [6.07, 6.45) is 1.22. The minimum atomic E-state index is -0.196. The highest BCUT2D eigenvalue weighted by Crippen LogP contribution is 2.29. The Morgan fingerprint density at radius 1 is 1.40 bits per heavy atom. The number of nitrogens with zero attached hydrogens (tertiary/aromatic N) is 2. The van der Waals surface area contributed by atoms with Crippen LogP contribution in [0.1, 0.15) is 29.8 Å². The highest BCUT2D eigenvalue weighted by atomic mass is 35.5. The number of nitrogens with one attached hydrogen (secondary N) is 2. The number of anilines is 1. The second-order valence-corrected chi connectivity index (χ2v) is 6.75. The molecule has 1 saturated heterocycles. The number of aromatic amines is 1. The molecule has 0 unspecified atom stereocenters. The van der Waals surface area contributed by atoms with Crippen LogP contribution in [0.4, 0.5) is 5.69 Å². The number of para-hydroxylation sites is 1. The van der Waals surface area contributed by atoms with Gasteiger partial charge in [0.2, 0.25) is 11.8 Å². The van der Waals surface area contributed by atoms with Gasteiger partial charge in [0.1, 0.15) is 0 Å². The van der Waals surface area contributed by atoms with Crippen LogP contribution in [0.3, 0.4) is 0 Å². The number of rotatable bonds is 5. The van der Waals surface area contributed by atoms with Gasteiger partial charge in [-0.3, -0.25) is 14.7 Å². The lowest BCUT2D eigenvalue weighted by atomic mass is 10.1. The number of halogens is 1. The van der Waals surface area contributed by atoms with Crippen molar-refractivity contribution in [2.24, 2.45) is 0 Å². The van der Waals surface area contributed by atoms with Crippen LogP contribution in [0.5, 0.6) is 0 Å². The van der Waals surface area contributed by atoms with Crippen LogP contribution in [0.2, 0.25) is 5.02 Å². The molecule has 132 valence electrons. The maximum atomic E-state index is 12.2. The molecule has 0 radical (unpaired) electrons. The molecular weight excluding hydrogens is 340 g/mol. The van der Waals surface area contributed by atoms with Gasteiger partial charge in [-0.05, 0) is 31.5 Å². The summed E-state index contributed by atoms with van der Waals surface area (Å²) in [7, 11) is 0. The Morgan fingerprint density at radius 3 is 2.84 bits per heavy atom. The molecule has 1 aromatic heterocycles. The second kappa shape index (κ2) is 7.27. The van der Waals surface area contributed by atoms with Crippen LogP contribution >= 0.6 is 11.6 Å². The zero-order valence-electron chi connectivity index (χ0n) is 14.3. The van der Waals surface area contributed by atoms with Crippen molar-refractivity contribution < 1.29 is 9.59 Å². The second-order valence-electron chi connectivity index (χ2n) is 6.34. The van der Waals surface area contributed by atoms with Crippen molar-refractivity contribution in [2.45, 2.75) is 39.2 Å². The first-order valence-electron chi connectivity index (χ1n) is 8.30. The van der Waals surface area contributed by atoms with E-state index >= 15 is 0 Å². The Hall–Kier alpha value is -2.34. The van der Waals surface area contributed by atoms with Crippen LogP contribution in [0, 0.1) is 13.8 Å². The monoisotopic (exact) mass is 360 g/mol. The first-order chi connectivity index (χ1) is 12.0. The fourth-order valence-electron chi connectivity index (χ4n) is 3.02. The summed E-state index contributed by atoms with van der Waals surface area (Å²) in [4.78, 5) is 26.1. The van der Waals surface area contributed by atoms with E-state index in [2.05, 4.69) is 15.5 Å². The van der Waals surface area contributed by atoms with Crippen LogP contribution in [-0.2, 0) is 16.0 Å². The third-order valence-electron chi connectivity index (χ3n) is 4.58. The van der Waals surface area contributed by atoms with Gasteiger partial charge in [0.25, 0.3) is 0 Å². The van der Waals surface area contributed by atoms with Crippen LogP contribution < -0.4 is 10.2 Å². The standard InChI is InChI=1S/C18H21ClN4O2/c1-11-12(2)21-22-15(11)7-8-17(24)20-13-9-18(25)23(10-13)16-6-4-3-5-14(16)19/h3-6,13H,7-10H2,1-2H3,(H,20,24)(H,21,22)/t13-/m1/s1. The predicted molar refractivity (Wildman–Crippen MR) is 96.7 cm³/mol. The summed E-state index contributed by atoms with van der Waals surface area (Å²) in [5.74, 6) is -0.101. The van der Waals surface area contributed by atoms with Crippen molar-refractivity contribution in [3.8, 4) is 0 Å². The fourth-order valence-corrected chi connectivity index (χ4v) is 3.26. The molecule has 1 aromatic carbocycles. The molecule has 25 heavy (non-hydrogen) atoms. The molecular formula is C18H21ClN4O2. The van der Waals surface area contributed by atoms with Gasteiger partial charge in [-0.1, -0.05) is 23.7 Å². The molecule has 0 aliphatic carbocycles.